The number of hydrogen-bond acceptors (Lipinski definition) is 4. The number of amides is 2. The standard InChI is InChI=1S/C23H28N2O4/c1-18-7-5-6-10-21(18)29-16-22(26)24-15-19-11-13-25(14-12-19)23(27)17-28-20-8-3-2-4-9-20/h2-10,19H,11-17H2,1H3,(H,24,26). The maximum absolute atomic E-state index is 12.3. The average molecular weight is 396 g/mol. The third-order valence-electron chi connectivity index (χ3n) is 5.11. The number of piperidine rings is 1. The van der Waals surface area contributed by atoms with Crippen LogP contribution in [0.4, 0.5) is 0 Å². The van der Waals surface area contributed by atoms with Gasteiger partial charge in [-0.15, -0.1) is 0 Å². The molecule has 6 nitrogen and oxygen atoms in total. The molecular weight excluding hydrogens is 368 g/mol. The molecule has 1 aliphatic heterocycles. The van der Waals surface area contributed by atoms with Crippen LogP contribution in [0.1, 0.15) is 18.4 Å². The Labute approximate surface area is 171 Å². The van der Waals surface area contributed by atoms with E-state index in [4.69, 9.17) is 9.47 Å². The van der Waals surface area contributed by atoms with E-state index in [1.807, 2.05) is 66.4 Å². The van der Waals surface area contributed by atoms with E-state index >= 15 is 0 Å². The van der Waals surface area contributed by atoms with Gasteiger partial charge in [0.2, 0.25) is 0 Å². The van der Waals surface area contributed by atoms with Crippen molar-refractivity contribution in [1.82, 2.24) is 10.2 Å². The number of rotatable bonds is 8. The Kier molecular flexibility index (Phi) is 7.50. The Balaban J connectivity index is 1.31. The minimum atomic E-state index is -0.122. The summed E-state index contributed by atoms with van der Waals surface area (Å²) in [5.74, 6) is 1.68. The van der Waals surface area contributed by atoms with Gasteiger partial charge in [-0.3, -0.25) is 9.59 Å². The van der Waals surface area contributed by atoms with Crippen LogP contribution in [0, 0.1) is 12.8 Å². The van der Waals surface area contributed by atoms with E-state index in [0.717, 1.165) is 24.2 Å². The Hall–Kier alpha value is -3.02. The van der Waals surface area contributed by atoms with Crippen molar-refractivity contribution in [3.05, 3.63) is 60.2 Å². The first-order valence-corrected chi connectivity index (χ1v) is 10.0. The molecule has 0 atom stereocenters. The first-order chi connectivity index (χ1) is 14.1. The molecule has 0 radical (unpaired) electrons. The van der Waals surface area contributed by atoms with Gasteiger partial charge in [-0.05, 0) is 49.4 Å². The molecule has 2 aromatic carbocycles. The van der Waals surface area contributed by atoms with Gasteiger partial charge in [-0.2, -0.15) is 0 Å². The maximum atomic E-state index is 12.3. The van der Waals surface area contributed by atoms with Crippen molar-refractivity contribution in [3.8, 4) is 11.5 Å². The van der Waals surface area contributed by atoms with Crippen molar-refractivity contribution in [1.29, 1.82) is 0 Å². The Morgan fingerprint density at radius 2 is 1.66 bits per heavy atom. The number of carbonyl (C=O) groups is 2. The smallest absolute Gasteiger partial charge is 0.260 e. The molecule has 0 bridgehead atoms. The Bertz CT molecular complexity index is 802. The van der Waals surface area contributed by atoms with Crippen LogP contribution in [-0.2, 0) is 9.59 Å². The summed E-state index contributed by atoms with van der Waals surface area (Å²) in [6.45, 7) is 4.01. The fourth-order valence-corrected chi connectivity index (χ4v) is 3.31. The van der Waals surface area contributed by atoms with Crippen LogP contribution in [0.5, 0.6) is 11.5 Å². The lowest BCUT2D eigenvalue weighted by atomic mass is 9.97. The van der Waals surface area contributed by atoms with Gasteiger partial charge in [0.1, 0.15) is 11.5 Å². The van der Waals surface area contributed by atoms with Crippen LogP contribution in [0.15, 0.2) is 54.6 Å². The zero-order valence-electron chi connectivity index (χ0n) is 16.8. The second-order valence-corrected chi connectivity index (χ2v) is 7.28. The zero-order valence-corrected chi connectivity index (χ0v) is 16.8. The molecule has 1 fully saturated rings. The highest BCUT2D eigenvalue weighted by atomic mass is 16.5. The number of ether oxygens (including phenoxy) is 2. The van der Waals surface area contributed by atoms with Crippen LogP contribution in [0.25, 0.3) is 0 Å². The second kappa shape index (κ2) is 10.5. The van der Waals surface area contributed by atoms with Crippen LogP contribution in [0.2, 0.25) is 0 Å². The van der Waals surface area contributed by atoms with Gasteiger partial charge in [0.15, 0.2) is 13.2 Å². The van der Waals surface area contributed by atoms with Crippen molar-refractivity contribution in [2.75, 3.05) is 32.8 Å². The number of para-hydroxylation sites is 2. The van der Waals surface area contributed by atoms with E-state index in [0.29, 0.717) is 31.3 Å². The summed E-state index contributed by atoms with van der Waals surface area (Å²) >= 11 is 0. The third-order valence-corrected chi connectivity index (χ3v) is 5.11. The molecule has 3 rings (SSSR count). The molecule has 1 aliphatic rings. The topological polar surface area (TPSA) is 67.9 Å². The van der Waals surface area contributed by atoms with Crippen LogP contribution >= 0.6 is 0 Å². The van der Waals surface area contributed by atoms with E-state index in [1.165, 1.54) is 0 Å². The highest BCUT2D eigenvalue weighted by molar-refractivity contribution is 5.78. The third kappa shape index (κ3) is 6.52. The number of carbonyl (C=O) groups excluding carboxylic acids is 2. The summed E-state index contributed by atoms with van der Waals surface area (Å²) in [5, 5.41) is 2.94. The molecule has 1 heterocycles. The van der Waals surface area contributed by atoms with Gasteiger partial charge in [0.05, 0.1) is 0 Å². The Morgan fingerprint density at radius 3 is 2.38 bits per heavy atom. The molecule has 0 aliphatic carbocycles. The molecule has 6 heteroatoms. The van der Waals surface area contributed by atoms with E-state index in [-0.39, 0.29) is 25.0 Å². The van der Waals surface area contributed by atoms with Crippen LogP contribution in [-0.4, -0.2) is 49.6 Å². The number of aryl methyl sites for hydroxylation is 1. The number of benzene rings is 2. The SMILES string of the molecule is Cc1ccccc1OCC(=O)NCC1CCN(C(=O)COc2ccccc2)CC1. The molecule has 1 N–H and O–H groups in total. The summed E-state index contributed by atoms with van der Waals surface area (Å²) in [4.78, 5) is 26.2. The van der Waals surface area contributed by atoms with Crippen molar-refractivity contribution in [2.45, 2.75) is 19.8 Å². The summed E-state index contributed by atoms with van der Waals surface area (Å²) in [7, 11) is 0. The van der Waals surface area contributed by atoms with Crippen molar-refractivity contribution >= 4 is 11.8 Å². The number of hydrogen-bond donors (Lipinski definition) is 1. The van der Waals surface area contributed by atoms with Gasteiger partial charge < -0.3 is 19.7 Å². The normalized spacial score (nSPS) is 14.3. The molecule has 2 aromatic rings. The van der Waals surface area contributed by atoms with Gasteiger partial charge in [0.25, 0.3) is 11.8 Å². The lowest BCUT2D eigenvalue weighted by Gasteiger charge is -2.32. The van der Waals surface area contributed by atoms with Crippen molar-refractivity contribution < 1.29 is 19.1 Å². The lowest BCUT2D eigenvalue weighted by molar-refractivity contribution is -0.135. The predicted octanol–water partition coefficient (Wildman–Crippen LogP) is 2.81. The van der Waals surface area contributed by atoms with Gasteiger partial charge in [-0.25, -0.2) is 0 Å². The molecule has 0 saturated carbocycles. The van der Waals surface area contributed by atoms with Crippen LogP contribution in [0.3, 0.4) is 0 Å². The fraction of sp³-hybridized carbons (Fsp3) is 0.391. The first kappa shape index (κ1) is 20.7. The van der Waals surface area contributed by atoms with Crippen molar-refractivity contribution in [3.63, 3.8) is 0 Å². The van der Waals surface area contributed by atoms with E-state index in [1.54, 1.807) is 0 Å². The zero-order chi connectivity index (χ0) is 20.5. The molecule has 1 saturated heterocycles. The molecule has 0 aromatic heterocycles. The molecule has 0 unspecified atom stereocenters. The largest absolute Gasteiger partial charge is 0.484 e. The molecule has 154 valence electrons. The number of nitrogens with one attached hydrogen (secondary N) is 1. The molecular formula is C23H28N2O4. The highest BCUT2D eigenvalue weighted by Gasteiger charge is 2.23. The van der Waals surface area contributed by atoms with Crippen LogP contribution < -0.4 is 14.8 Å². The monoisotopic (exact) mass is 396 g/mol. The van der Waals surface area contributed by atoms with E-state index in [9.17, 15) is 9.59 Å². The van der Waals surface area contributed by atoms with Gasteiger partial charge in [-0.1, -0.05) is 36.4 Å². The van der Waals surface area contributed by atoms with Gasteiger partial charge in [0, 0.05) is 19.6 Å². The van der Waals surface area contributed by atoms with Crippen molar-refractivity contribution in [2.24, 2.45) is 5.92 Å². The maximum Gasteiger partial charge on any atom is 0.260 e. The van der Waals surface area contributed by atoms with E-state index < -0.39 is 0 Å². The molecule has 0 spiro atoms. The second-order valence-electron chi connectivity index (χ2n) is 7.28. The fourth-order valence-electron chi connectivity index (χ4n) is 3.31. The minimum absolute atomic E-state index is 0.00275. The average Bonchev–Trinajstić information content (AvgIpc) is 2.76. The first-order valence-electron chi connectivity index (χ1n) is 10.0. The predicted molar refractivity (Wildman–Crippen MR) is 111 cm³/mol. The highest BCUT2D eigenvalue weighted by Crippen LogP contribution is 2.18. The molecule has 2 amide bonds. The number of nitrogens with zero attached hydrogens (tertiary/aromatic N) is 1. The summed E-state index contributed by atoms with van der Waals surface area (Å²) < 4.78 is 11.1. The summed E-state index contributed by atoms with van der Waals surface area (Å²) in [6.07, 6.45) is 1.74. The lowest BCUT2D eigenvalue weighted by Crippen LogP contribution is -2.43. The quantitative estimate of drug-likeness (QED) is 0.745. The summed E-state index contributed by atoms with van der Waals surface area (Å²) in [5.41, 5.74) is 1.01. The minimum Gasteiger partial charge on any atom is -0.484 e. The number of likely N-dealkylation sites (tertiary alicyclic amines) is 1. The Morgan fingerprint density at radius 1 is 0.966 bits per heavy atom. The van der Waals surface area contributed by atoms with E-state index in [2.05, 4.69) is 5.32 Å². The molecule has 29 heavy (non-hydrogen) atoms. The van der Waals surface area contributed by atoms with Gasteiger partial charge >= 0.3 is 0 Å². The summed E-state index contributed by atoms with van der Waals surface area (Å²) in [6, 6.07) is 17.0.